The Bertz CT molecular complexity index is 744. The normalized spacial score (nSPS) is 11.3. The summed E-state index contributed by atoms with van der Waals surface area (Å²) < 4.78 is 39.2. The van der Waals surface area contributed by atoms with Crippen LogP contribution in [0.4, 0.5) is 24.7 Å². The van der Waals surface area contributed by atoms with E-state index in [1.165, 1.54) is 18.3 Å². The average Bonchev–Trinajstić information content (AvgIpc) is 2.57. The number of carbonyl (C=O) groups excluding carboxylic acids is 1. The second-order valence-electron chi connectivity index (χ2n) is 5.22. The maximum atomic E-state index is 13.1. The van der Waals surface area contributed by atoms with E-state index in [1.807, 2.05) is 18.7 Å². The third-order valence-corrected chi connectivity index (χ3v) is 3.87. The fourth-order valence-electron chi connectivity index (χ4n) is 2.31. The molecule has 25 heavy (non-hydrogen) atoms. The maximum absolute atomic E-state index is 13.1. The largest absolute Gasteiger partial charge is 0.418 e. The van der Waals surface area contributed by atoms with Crippen LogP contribution in [0.2, 0.25) is 5.02 Å². The molecule has 2 rings (SSSR count). The van der Waals surface area contributed by atoms with Crippen molar-refractivity contribution in [1.82, 2.24) is 4.98 Å². The predicted octanol–water partition coefficient (Wildman–Crippen LogP) is 4.85. The van der Waals surface area contributed by atoms with Gasteiger partial charge in [0.1, 0.15) is 5.82 Å². The van der Waals surface area contributed by atoms with Crippen molar-refractivity contribution in [1.29, 1.82) is 0 Å². The van der Waals surface area contributed by atoms with Gasteiger partial charge < -0.3 is 10.2 Å². The first-order valence-electron chi connectivity index (χ1n) is 7.65. The van der Waals surface area contributed by atoms with Gasteiger partial charge in [0.15, 0.2) is 0 Å². The number of alkyl halides is 3. The number of nitrogens with zero attached hydrogens (tertiary/aromatic N) is 2. The Morgan fingerprint density at radius 2 is 1.88 bits per heavy atom. The summed E-state index contributed by atoms with van der Waals surface area (Å²) in [6.07, 6.45) is -3.29. The van der Waals surface area contributed by atoms with Crippen LogP contribution in [0.25, 0.3) is 0 Å². The highest BCUT2D eigenvalue weighted by Gasteiger charge is 2.34. The van der Waals surface area contributed by atoms with Gasteiger partial charge in [0.25, 0.3) is 5.91 Å². The Labute approximate surface area is 148 Å². The number of hydrogen-bond acceptors (Lipinski definition) is 3. The van der Waals surface area contributed by atoms with E-state index >= 15 is 0 Å². The fraction of sp³-hybridized carbons (Fsp3) is 0.294. The van der Waals surface area contributed by atoms with Gasteiger partial charge in [0.05, 0.1) is 16.8 Å². The molecule has 2 aromatic rings. The lowest BCUT2D eigenvalue weighted by Crippen LogP contribution is -2.23. The summed E-state index contributed by atoms with van der Waals surface area (Å²) in [6, 6.07) is 6.38. The first kappa shape index (κ1) is 19.1. The van der Waals surface area contributed by atoms with Gasteiger partial charge in [-0.25, -0.2) is 4.98 Å². The Hall–Kier alpha value is -2.28. The molecule has 4 nitrogen and oxygen atoms in total. The molecule has 0 aliphatic rings. The molecular weight excluding hydrogens is 355 g/mol. The molecule has 0 radical (unpaired) electrons. The molecule has 0 unspecified atom stereocenters. The minimum absolute atomic E-state index is 0.0597. The van der Waals surface area contributed by atoms with Crippen molar-refractivity contribution in [2.75, 3.05) is 23.3 Å². The lowest BCUT2D eigenvalue weighted by Gasteiger charge is -2.19. The van der Waals surface area contributed by atoms with Gasteiger partial charge in [0, 0.05) is 24.3 Å². The molecule has 0 saturated heterocycles. The van der Waals surface area contributed by atoms with Crippen molar-refractivity contribution in [3.63, 3.8) is 0 Å². The molecule has 1 N–H and O–H groups in total. The third kappa shape index (κ3) is 4.63. The van der Waals surface area contributed by atoms with Gasteiger partial charge in [-0.15, -0.1) is 0 Å². The first-order valence-corrected chi connectivity index (χ1v) is 8.03. The highest BCUT2D eigenvalue weighted by Crippen LogP contribution is 2.36. The van der Waals surface area contributed by atoms with E-state index in [9.17, 15) is 18.0 Å². The highest BCUT2D eigenvalue weighted by atomic mass is 35.5. The molecule has 1 heterocycles. The summed E-state index contributed by atoms with van der Waals surface area (Å²) >= 11 is 5.62. The molecule has 0 fully saturated rings. The molecule has 134 valence electrons. The van der Waals surface area contributed by atoms with Crippen molar-refractivity contribution in [2.24, 2.45) is 0 Å². The van der Waals surface area contributed by atoms with Gasteiger partial charge in [-0.3, -0.25) is 4.79 Å². The molecule has 0 atom stereocenters. The maximum Gasteiger partial charge on any atom is 0.418 e. The van der Waals surface area contributed by atoms with Gasteiger partial charge in [-0.05, 0) is 44.2 Å². The zero-order valence-corrected chi connectivity index (χ0v) is 14.4. The Morgan fingerprint density at radius 3 is 2.40 bits per heavy atom. The average molecular weight is 372 g/mol. The fourth-order valence-corrected chi connectivity index (χ4v) is 2.48. The number of hydrogen-bond donors (Lipinski definition) is 1. The molecule has 1 amide bonds. The van der Waals surface area contributed by atoms with Crippen LogP contribution >= 0.6 is 11.6 Å². The first-order chi connectivity index (χ1) is 11.8. The Kier molecular flexibility index (Phi) is 5.89. The Balaban J connectivity index is 2.23. The van der Waals surface area contributed by atoms with Crippen LogP contribution in [0.3, 0.4) is 0 Å². The molecular formula is C17H17ClF3N3O. The van der Waals surface area contributed by atoms with Crippen LogP contribution in [0, 0.1) is 0 Å². The van der Waals surface area contributed by atoms with Crippen LogP contribution in [0.1, 0.15) is 29.8 Å². The van der Waals surface area contributed by atoms with Crippen LogP contribution in [-0.4, -0.2) is 24.0 Å². The van der Waals surface area contributed by atoms with E-state index in [2.05, 4.69) is 10.3 Å². The van der Waals surface area contributed by atoms with Crippen molar-refractivity contribution in [3.8, 4) is 0 Å². The standard InChI is InChI=1S/C17H17ClF3N3O/c1-3-24(4-2)15-8-5-11(10-22-15)16(25)23-14-7-6-12(18)9-13(14)17(19,20)21/h5-10H,3-4H2,1-2H3,(H,23,25). The molecule has 1 aromatic carbocycles. The summed E-state index contributed by atoms with van der Waals surface area (Å²) in [7, 11) is 0. The molecule has 0 aliphatic heterocycles. The van der Waals surface area contributed by atoms with E-state index in [0.717, 1.165) is 25.2 Å². The number of nitrogens with one attached hydrogen (secondary N) is 1. The van der Waals surface area contributed by atoms with Gasteiger partial charge in [-0.2, -0.15) is 13.2 Å². The van der Waals surface area contributed by atoms with Crippen molar-refractivity contribution in [3.05, 3.63) is 52.7 Å². The topological polar surface area (TPSA) is 45.2 Å². The zero-order chi connectivity index (χ0) is 18.6. The predicted molar refractivity (Wildman–Crippen MR) is 92.2 cm³/mol. The number of pyridine rings is 1. The summed E-state index contributed by atoms with van der Waals surface area (Å²) in [6.45, 7) is 5.47. The molecule has 8 heteroatoms. The highest BCUT2D eigenvalue weighted by molar-refractivity contribution is 6.30. The van der Waals surface area contributed by atoms with E-state index in [1.54, 1.807) is 6.07 Å². The van der Waals surface area contributed by atoms with Crippen molar-refractivity contribution in [2.45, 2.75) is 20.0 Å². The molecule has 0 saturated carbocycles. The number of anilines is 2. The number of amides is 1. The minimum Gasteiger partial charge on any atom is -0.357 e. The van der Waals surface area contributed by atoms with E-state index in [-0.39, 0.29) is 16.3 Å². The molecule has 0 aliphatic carbocycles. The summed E-state index contributed by atoms with van der Waals surface area (Å²) in [5.74, 6) is 0.0236. The molecule has 0 spiro atoms. The van der Waals surface area contributed by atoms with E-state index in [0.29, 0.717) is 5.82 Å². The van der Waals surface area contributed by atoms with Crippen LogP contribution in [0.15, 0.2) is 36.5 Å². The van der Waals surface area contributed by atoms with Gasteiger partial charge >= 0.3 is 6.18 Å². The molecule has 1 aromatic heterocycles. The summed E-state index contributed by atoms with van der Waals surface area (Å²) in [4.78, 5) is 18.4. The zero-order valence-electron chi connectivity index (χ0n) is 13.7. The SMILES string of the molecule is CCN(CC)c1ccc(C(=O)Nc2ccc(Cl)cc2C(F)(F)F)cn1. The number of halogens is 4. The van der Waals surface area contributed by atoms with Crippen LogP contribution in [-0.2, 0) is 6.18 Å². The minimum atomic E-state index is -4.63. The number of rotatable bonds is 5. The van der Waals surface area contributed by atoms with Crippen molar-refractivity contribution >= 4 is 29.0 Å². The Morgan fingerprint density at radius 1 is 1.20 bits per heavy atom. The van der Waals surface area contributed by atoms with Crippen molar-refractivity contribution < 1.29 is 18.0 Å². The van der Waals surface area contributed by atoms with Gasteiger partial charge in [-0.1, -0.05) is 11.6 Å². The number of benzene rings is 1. The van der Waals surface area contributed by atoms with Crippen LogP contribution < -0.4 is 10.2 Å². The quantitative estimate of drug-likeness (QED) is 0.817. The van der Waals surface area contributed by atoms with Gasteiger partial charge in [0.2, 0.25) is 0 Å². The number of aromatic nitrogens is 1. The van der Waals surface area contributed by atoms with E-state index in [4.69, 9.17) is 11.6 Å². The second-order valence-corrected chi connectivity index (χ2v) is 5.66. The van der Waals surface area contributed by atoms with Crippen LogP contribution in [0.5, 0.6) is 0 Å². The second kappa shape index (κ2) is 7.74. The monoisotopic (exact) mass is 371 g/mol. The lowest BCUT2D eigenvalue weighted by atomic mass is 10.1. The summed E-state index contributed by atoms with van der Waals surface area (Å²) in [5.41, 5.74) is -1.19. The number of carbonyl (C=O) groups is 1. The third-order valence-electron chi connectivity index (χ3n) is 3.63. The smallest absolute Gasteiger partial charge is 0.357 e. The molecule has 0 bridgehead atoms. The lowest BCUT2D eigenvalue weighted by molar-refractivity contribution is -0.136. The van der Waals surface area contributed by atoms with E-state index < -0.39 is 17.6 Å². The summed E-state index contributed by atoms with van der Waals surface area (Å²) in [5, 5.41) is 2.21.